The molecule has 0 unspecified atom stereocenters. The Balaban J connectivity index is 1.86. The number of benzene rings is 1. The third-order valence-electron chi connectivity index (χ3n) is 4.78. The lowest BCUT2D eigenvalue weighted by atomic mass is 9.82. The molecule has 0 aliphatic heterocycles. The molecule has 6 heteroatoms. The lowest BCUT2D eigenvalue weighted by molar-refractivity contribution is -0.146. The standard InChI is InChI=1S/C19H20N2O4/c1-10(2)25-15-6-3-11(9-20)7-14(15)21-18(22)16-12-4-5-13(8-12)17(16)19(23)24/h3-7,10,12-13,16-17H,8H2,1-2H3,(H,21,22)(H,23,24)/t12-,13-,16-,17-/m0/s1. The molecule has 0 saturated heterocycles. The first-order valence-electron chi connectivity index (χ1n) is 8.33. The first-order valence-corrected chi connectivity index (χ1v) is 8.33. The molecule has 4 atom stereocenters. The van der Waals surface area contributed by atoms with Gasteiger partial charge in [-0.25, -0.2) is 0 Å². The van der Waals surface area contributed by atoms with Crippen LogP contribution < -0.4 is 10.1 Å². The number of nitrogens with one attached hydrogen (secondary N) is 1. The molecule has 0 heterocycles. The SMILES string of the molecule is CC(C)Oc1ccc(C#N)cc1NC(=O)[C@@H]1[C@@H](C(=O)O)[C@H]2C=C[C@H]1C2. The smallest absolute Gasteiger partial charge is 0.307 e. The van der Waals surface area contributed by atoms with Gasteiger partial charge in [0.2, 0.25) is 5.91 Å². The zero-order chi connectivity index (χ0) is 18.1. The van der Waals surface area contributed by atoms with Gasteiger partial charge in [0.05, 0.1) is 35.3 Å². The third-order valence-corrected chi connectivity index (χ3v) is 4.78. The number of nitriles is 1. The molecule has 1 fully saturated rings. The number of carbonyl (C=O) groups excluding carboxylic acids is 1. The Morgan fingerprint density at radius 2 is 1.96 bits per heavy atom. The lowest BCUT2D eigenvalue weighted by Crippen LogP contribution is -2.36. The van der Waals surface area contributed by atoms with E-state index in [1.165, 1.54) is 0 Å². The maximum absolute atomic E-state index is 12.8. The maximum atomic E-state index is 12.8. The fraction of sp³-hybridized carbons (Fsp3) is 0.421. The van der Waals surface area contributed by atoms with Crippen molar-refractivity contribution in [3.63, 3.8) is 0 Å². The fourth-order valence-electron chi connectivity index (χ4n) is 3.79. The molecular weight excluding hydrogens is 320 g/mol. The molecule has 1 saturated carbocycles. The van der Waals surface area contributed by atoms with Crippen molar-refractivity contribution in [1.29, 1.82) is 5.26 Å². The molecule has 1 aromatic carbocycles. The van der Waals surface area contributed by atoms with Gasteiger partial charge in [-0.05, 0) is 50.3 Å². The van der Waals surface area contributed by atoms with E-state index >= 15 is 0 Å². The Morgan fingerprint density at radius 1 is 1.28 bits per heavy atom. The van der Waals surface area contributed by atoms with Gasteiger partial charge in [-0.1, -0.05) is 12.2 Å². The zero-order valence-electron chi connectivity index (χ0n) is 14.1. The van der Waals surface area contributed by atoms with Gasteiger partial charge in [-0.15, -0.1) is 0 Å². The number of nitrogens with zero attached hydrogens (tertiary/aromatic N) is 1. The number of ether oxygens (including phenoxy) is 1. The summed E-state index contributed by atoms with van der Waals surface area (Å²) < 4.78 is 5.69. The highest BCUT2D eigenvalue weighted by molar-refractivity contribution is 5.97. The Bertz CT molecular complexity index is 778. The second-order valence-corrected chi connectivity index (χ2v) is 6.82. The first-order chi connectivity index (χ1) is 11.9. The summed E-state index contributed by atoms with van der Waals surface area (Å²) in [6.07, 6.45) is 4.44. The summed E-state index contributed by atoms with van der Waals surface area (Å²) in [7, 11) is 0. The number of allylic oxidation sites excluding steroid dienone is 2. The van der Waals surface area contributed by atoms with Gasteiger partial charge in [0.15, 0.2) is 0 Å². The number of hydrogen-bond acceptors (Lipinski definition) is 4. The van der Waals surface area contributed by atoms with Crippen molar-refractivity contribution in [2.24, 2.45) is 23.7 Å². The molecule has 0 radical (unpaired) electrons. The Kier molecular flexibility index (Phi) is 4.49. The summed E-state index contributed by atoms with van der Waals surface area (Å²) in [6.45, 7) is 3.73. The normalized spacial score (nSPS) is 26.5. The van der Waals surface area contributed by atoms with Crippen LogP contribution in [-0.4, -0.2) is 23.1 Å². The predicted molar refractivity (Wildman–Crippen MR) is 90.9 cm³/mol. The summed E-state index contributed by atoms with van der Waals surface area (Å²) >= 11 is 0. The van der Waals surface area contributed by atoms with Gasteiger partial charge in [-0.2, -0.15) is 5.26 Å². The van der Waals surface area contributed by atoms with Crippen LogP contribution >= 0.6 is 0 Å². The molecule has 3 rings (SSSR count). The van der Waals surface area contributed by atoms with Gasteiger partial charge in [0.25, 0.3) is 0 Å². The van der Waals surface area contributed by atoms with Gasteiger partial charge in [0.1, 0.15) is 5.75 Å². The van der Waals surface area contributed by atoms with E-state index in [0.29, 0.717) is 23.4 Å². The van der Waals surface area contributed by atoms with Gasteiger partial charge in [0, 0.05) is 0 Å². The molecule has 2 aliphatic rings. The third kappa shape index (κ3) is 3.22. The number of hydrogen-bond donors (Lipinski definition) is 2. The summed E-state index contributed by atoms with van der Waals surface area (Å²) in [5, 5.41) is 21.4. The minimum atomic E-state index is -0.943. The second-order valence-electron chi connectivity index (χ2n) is 6.82. The van der Waals surface area contributed by atoms with Crippen LogP contribution in [0.4, 0.5) is 5.69 Å². The molecule has 6 nitrogen and oxygen atoms in total. The van der Waals surface area contributed by atoms with Crippen LogP contribution in [0, 0.1) is 35.0 Å². The van der Waals surface area contributed by atoms with E-state index in [2.05, 4.69) is 5.32 Å². The van der Waals surface area contributed by atoms with Crippen LogP contribution in [0.1, 0.15) is 25.8 Å². The molecule has 130 valence electrons. The van der Waals surface area contributed by atoms with Crippen molar-refractivity contribution in [3.05, 3.63) is 35.9 Å². The molecule has 1 amide bonds. The number of rotatable bonds is 5. The Hall–Kier alpha value is -2.81. The summed E-state index contributed by atoms with van der Waals surface area (Å²) in [5.41, 5.74) is 0.794. The van der Waals surface area contributed by atoms with E-state index in [4.69, 9.17) is 10.00 Å². The minimum absolute atomic E-state index is 0.0558. The van der Waals surface area contributed by atoms with E-state index in [1.807, 2.05) is 32.1 Å². The highest BCUT2D eigenvalue weighted by Gasteiger charge is 2.51. The average molecular weight is 340 g/mol. The molecule has 25 heavy (non-hydrogen) atoms. The van der Waals surface area contributed by atoms with Crippen LogP contribution in [0.2, 0.25) is 0 Å². The fourth-order valence-corrected chi connectivity index (χ4v) is 3.79. The van der Waals surface area contributed by atoms with Crippen molar-refractivity contribution in [2.75, 3.05) is 5.32 Å². The Morgan fingerprint density at radius 3 is 2.56 bits per heavy atom. The van der Waals surface area contributed by atoms with Crippen LogP contribution in [0.15, 0.2) is 30.4 Å². The number of carboxylic acids is 1. The number of amides is 1. The van der Waals surface area contributed by atoms with Crippen molar-refractivity contribution < 1.29 is 19.4 Å². The lowest BCUT2D eigenvalue weighted by Gasteiger charge is -2.24. The van der Waals surface area contributed by atoms with Crippen LogP contribution in [0.3, 0.4) is 0 Å². The minimum Gasteiger partial charge on any atom is -0.489 e. The first kappa shape index (κ1) is 17.0. The van der Waals surface area contributed by atoms with Crippen molar-refractivity contribution in [3.8, 4) is 11.8 Å². The Labute approximate surface area is 146 Å². The summed E-state index contributed by atoms with van der Waals surface area (Å²) in [6, 6.07) is 6.84. The molecule has 2 bridgehead atoms. The van der Waals surface area contributed by atoms with Crippen LogP contribution in [-0.2, 0) is 9.59 Å². The number of fused-ring (bicyclic) bond motifs is 2. The quantitative estimate of drug-likeness (QED) is 0.803. The molecule has 0 spiro atoms. The van der Waals surface area contributed by atoms with Crippen LogP contribution in [0.5, 0.6) is 5.75 Å². The highest BCUT2D eigenvalue weighted by Crippen LogP contribution is 2.48. The highest BCUT2D eigenvalue weighted by atomic mass is 16.5. The molecule has 2 N–H and O–H groups in total. The van der Waals surface area contributed by atoms with Gasteiger partial charge < -0.3 is 15.2 Å². The van der Waals surface area contributed by atoms with Crippen LogP contribution in [0.25, 0.3) is 0 Å². The van der Waals surface area contributed by atoms with Crippen molar-refractivity contribution >= 4 is 17.6 Å². The zero-order valence-corrected chi connectivity index (χ0v) is 14.1. The topological polar surface area (TPSA) is 99.4 Å². The molecule has 2 aliphatic carbocycles. The van der Waals surface area contributed by atoms with Gasteiger partial charge in [-0.3, -0.25) is 9.59 Å². The molecular formula is C19H20N2O4. The number of carboxylic acid groups (broad SMARTS) is 1. The van der Waals surface area contributed by atoms with E-state index in [0.717, 1.165) is 0 Å². The summed E-state index contributed by atoms with van der Waals surface area (Å²) in [5.74, 6) is -2.27. The number of anilines is 1. The van der Waals surface area contributed by atoms with Gasteiger partial charge >= 0.3 is 5.97 Å². The maximum Gasteiger partial charge on any atom is 0.307 e. The molecule has 0 aromatic heterocycles. The van der Waals surface area contributed by atoms with Crippen molar-refractivity contribution in [2.45, 2.75) is 26.4 Å². The monoisotopic (exact) mass is 340 g/mol. The van der Waals surface area contributed by atoms with E-state index < -0.39 is 17.8 Å². The van der Waals surface area contributed by atoms with E-state index in [9.17, 15) is 14.7 Å². The van der Waals surface area contributed by atoms with E-state index in [1.54, 1.807) is 18.2 Å². The van der Waals surface area contributed by atoms with Crippen molar-refractivity contribution in [1.82, 2.24) is 0 Å². The number of aliphatic carboxylic acids is 1. The number of carbonyl (C=O) groups is 2. The second kappa shape index (κ2) is 6.60. The van der Waals surface area contributed by atoms with E-state index in [-0.39, 0.29) is 23.8 Å². The largest absolute Gasteiger partial charge is 0.489 e. The molecule has 1 aromatic rings. The summed E-state index contributed by atoms with van der Waals surface area (Å²) in [4.78, 5) is 24.4. The average Bonchev–Trinajstić information content (AvgIpc) is 3.16. The predicted octanol–water partition coefficient (Wildman–Crippen LogP) is 2.81.